The molecule has 1 rings (SSSR count). The molecular weight excluding hydrogens is 249 g/mol. The highest BCUT2D eigenvalue weighted by Gasteiger charge is 2.31. The van der Waals surface area contributed by atoms with Crippen LogP contribution in [0.1, 0.15) is 18.9 Å². The smallest absolute Gasteiger partial charge is 0.393 e. The van der Waals surface area contributed by atoms with Crippen molar-refractivity contribution in [3.63, 3.8) is 0 Å². The Morgan fingerprint density at radius 1 is 1.39 bits per heavy atom. The molecule has 0 aliphatic rings. The molecule has 0 amide bonds. The Kier molecular flexibility index (Phi) is 4.74. The van der Waals surface area contributed by atoms with Crippen LogP contribution in [0, 0.1) is 0 Å². The summed E-state index contributed by atoms with van der Waals surface area (Å²) in [5.41, 5.74) is 1.24. The van der Waals surface area contributed by atoms with Crippen LogP contribution in [0.15, 0.2) is 12.1 Å². The van der Waals surface area contributed by atoms with Gasteiger partial charge in [-0.1, -0.05) is 0 Å². The monoisotopic (exact) mass is 264 g/mol. The van der Waals surface area contributed by atoms with Crippen molar-refractivity contribution in [1.29, 1.82) is 0 Å². The SMILES string of the molecule is CC(O)CCNc1cc(C(F)(F)F)cc(NN)n1. The molecule has 0 bridgehead atoms. The van der Waals surface area contributed by atoms with Crippen LogP contribution in [0.5, 0.6) is 0 Å². The van der Waals surface area contributed by atoms with E-state index >= 15 is 0 Å². The van der Waals surface area contributed by atoms with Crippen LogP contribution in [-0.4, -0.2) is 22.7 Å². The van der Waals surface area contributed by atoms with Gasteiger partial charge in [0.05, 0.1) is 11.7 Å². The van der Waals surface area contributed by atoms with Crippen LogP contribution in [0.3, 0.4) is 0 Å². The fourth-order valence-electron chi connectivity index (χ4n) is 1.27. The minimum atomic E-state index is -4.46. The molecule has 0 saturated heterocycles. The highest BCUT2D eigenvalue weighted by atomic mass is 19.4. The summed E-state index contributed by atoms with van der Waals surface area (Å²) in [5, 5.41) is 11.7. The second kappa shape index (κ2) is 5.87. The number of nitrogens with zero attached hydrogens (tertiary/aromatic N) is 1. The first kappa shape index (κ1) is 14.5. The van der Waals surface area contributed by atoms with Crippen LogP contribution in [0.25, 0.3) is 0 Å². The van der Waals surface area contributed by atoms with E-state index < -0.39 is 17.8 Å². The second-order valence-electron chi connectivity index (χ2n) is 3.83. The van der Waals surface area contributed by atoms with Gasteiger partial charge in [0.25, 0.3) is 0 Å². The standard InChI is InChI=1S/C10H15F3N4O/c1-6(18)2-3-15-8-4-7(10(11,12)13)5-9(16-8)17-14/h4-6,18H,2-3,14H2,1H3,(H2,15,16,17). The predicted molar refractivity (Wildman–Crippen MR) is 61.8 cm³/mol. The highest BCUT2D eigenvalue weighted by molar-refractivity contribution is 5.49. The molecule has 18 heavy (non-hydrogen) atoms. The first-order valence-electron chi connectivity index (χ1n) is 5.30. The number of aliphatic hydroxyl groups is 1. The fraction of sp³-hybridized carbons (Fsp3) is 0.500. The van der Waals surface area contributed by atoms with Gasteiger partial charge in [-0.15, -0.1) is 0 Å². The Morgan fingerprint density at radius 3 is 2.50 bits per heavy atom. The molecule has 1 atom stereocenters. The Labute approximate surface area is 102 Å². The zero-order valence-electron chi connectivity index (χ0n) is 9.75. The highest BCUT2D eigenvalue weighted by Crippen LogP contribution is 2.31. The quantitative estimate of drug-likeness (QED) is 0.479. The molecule has 1 heterocycles. The van der Waals surface area contributed by atoms with Crippen molar-refractivity contribution in [2.75, 3.05) is 17.3 Å². The van der Waals surface area contributed by atoms with E-state index in [0.717, 1.165) is 12.1 Å². The Bertz CT molecular complexity index is 395. The number of hydrogen-bond acceptors (Lipinski definition) is 5. The number of aromatic nitrogens is 1. The number of hydrogen-bond donors (Lipinski definition) is 4. The van der Waals surface area contributed by atoms with E-state index in [0.29, 0.717) is 13.0 Å². The molecular formula is C10H15F3N4O. The van der Waals surface area contributed by atoms with E-state index in [1.54, 1.807) is 6.92 Å². The van der Waals surface area contributed by atoms with Gasteiger partial charge in [0, 0.05) is 6.54 Å². The summed E-state index contributed by atoms with van der Waals surface area (Å²) >= 11 is 0. The van der Waals surface area contributed by atoms with Crippen LogP contribution >= 0.6 is 0 Å². The zero-order chi connectivity index (χ0) is 13.8. The topological polar surface area (TPSA) is 83.2 Å². The number of hydrazine groups is 1. The molecule has 0 radical (unpaired) electrons. The molecule has 8 heteroatoms. The molecule has 102 valence electrons. The van der Waals surface area contributed by atoms with Gasteiger partial charge in [-0.2, -0.15) is 13.2 Å². The molecule has 1 aromatic heterocycles. The molecule has 0 spiro atoms. The minimum Gasteiger partial charge on any atom is -0.393 e. The maximum absolute atomic E-state index is 12.6. The summed E-state index contributed by atoms with van der Waals surface area (Å²) in [6, 6.07) is 1.71. The third kappa shape index (κ3) is 4.38. The van der Waals surface area contributed by atoms with E-state index in [-0.39, 0.29) is 11.6 Å². The number of anilines is 2. The molecule has 1 unspecified atom stereocenters. The van der Waals surface area contributed by atoms with Gasteiger partial charge in [-0.25, -0.2) is 10.8 Å². The number of nitrogen functional groups attached to an aromatic ring is 1. The largest absolute Gasteiger partial charge is 0.416 e. The number of aliphatic hydroxyl groups excluding tert-OH is 1. The van der Waals surface area contributed by atoms with Gasteiger partial charge in [0.1, 0.15) is 11.6 Å². The lowest BCUT2D eigenvalue weighted by atomic mass is 10.2. The summed E-state index contributed by atoms with van der Waals surface area (Å²) in [4.78, 5) is 3.83. The average molecular weight is 264 g/mol. The molecule has 0 aliphatic carbocycles. The summed E-state index contributed by atoms with van der Waals surface area (Å²) < 4.78 is 37.7. The molecule has 0 fully saturated rings. The van der Waals surface area contributed by atoms with Crippen molar-refractivity contribution in [2.24, 2.45) is 5.84 Å². The first-order chi connectivity index (χ1) is 8.32. The van der Waals surface area contributed by atoms with Crippen LogP contribution in [0.4, 0.5) is 24.8 Å². The number of pyridine rings is 1. The number of rotatable bonds is 5. The summed E-state index contributed by atoms with van der Waals surface area (Å²) in [5.74, 6) is 5.03. The predicted octanol–water partition coefficient (Wildman–Crippen LogP) is 1.57. The van der Waals surface area contributed by atoms with Crippen LogP contribution in [-0.2, 0) is 6.18 Å². The number of nitrogens with one attached hydrogen (secondary N) is 2. The van der Waals surface area contributed by atoms with Crippen molar-refractivity contribution in [3.05, 3.63) is 17.7 Å². The van der Waals surface area contributed by atoms with Crippen molar-refractivity contribution >= 4 is 11.6 Å². The minimum absolute atomic E-state index is 0.0541. The molecule has 0 saturated carbocycles. The third-order valence-electron chi connectivity index (χ3n) is 2.17. The zero-order valence-corrected chi connectivity index (χ0v) is 9.75. The number of halogens is 3. The number of alkyl halides is 3. The summed E-state index contributed by atoms with van der Waals surface area (Å²) in [6.07, 6.45) is -4.59. The van der Waals surface area contributed by atoms with Crippen molar-refractivity contribution < 1.29 is 18.3 Å². The molecule has 5 nitrogen and oxygen atoms in total. The van der Waals surface area contributed by atoms with E-state index in [9.17, 15) is 13.2 Å². The van der Waals surface area contributed by atoms with Crippen molar-refractivity contribution in [3.8, 4) is 0 Å². The Hall–Kier alpha value is -1.54. The summed E-state index contributed by atoms with van der Waals surface area (Å²) in [7, 11) is 0. The fourth-order valence-corrected chi connectivity index (χ4v) is 1.27. The van der Waals surface area contributed by atoms with Gasteiger partial charge >= 0.3 is 6.18 Å². The van der Waals surface area contributed by atoms with E-state index in [2.05, 4.69) is 15.7 Å². The molecule has 5 N–H and O–H groups in total. The van der Waals surface area contributed by atoms with Gasteiger partial charge in [-0.05, 0) is 25.5 Å². The Morgan fingerprint density at radius 2 is 2.00 bits per heavy atom. The van der Waals surface area contributed by atoms with E-state index in [1.807, 2.05) is 0 Å². The Balaban J connectivity index is 2.84. The third-order valence-corrected chi connectivity index (χ3v) is 2.17. The number of nitrogens with two attached hydrogens (primary N) is 1. The maximum atomic E-state index is 12.6. The maximum Gasteiger partial charge on any atom is 0.416 e. The van der Waals surface area contributed by atoms with Gasteiger partial charge in [0.2, 0.25) is 0 Å². The summed E-state index contributed by atoms with van der Waals surface area (Å²) in [6.45, 7) is 1.91. The molecule has 0 aliphatic heterocycles. The van der Waals surface area contributed by atoms with E-state index in [4.69, 9.17) is 10.9 Å². The first-order valence-corrected chi connectivity index (χ1v) is 5.30. The van der Waals surface area contributed by atoms with Crippen molar-refractivity contribution in [2.45, 2.75) is 25.6 Å². The van der Waals surface area contributed by atoms with Crippen LogP contribution < -0.4 is 16.6 Å². The van der Waals surface area contributed by atoms with Gasteiger partial charge in [0.15, 0.2) is 0 Å². The second-order valence-corrected chi connectivity index (χ2v) is 3.83. The normalized spacial score (nSPS) is 13.2. The van der Waals surface area contributed by atoms with Gasteiger partial charge < -0.3 is 15.8 Å². The molecule has 1 aromatic rings. The van der Waals surface area contributed by atoms with Gasteiger partial charge in [-0.3, -0.25) is 0 Å². The average Bonchev–Trinajstić information content (AvgIpc) is 2.27. The lowest BCUT2D eigenvalue weighted by Crippen LogP contribution is -2.15. The van der Waals surface area contributed by atoms with Crippen molar-refractivity contribution in [1.82, 2.24) is 4.98 Å². The molecule has 0 aromatic carbocycles. The lowest BCUT2D eigenvalue weighted by Gasteiger charge is -2.12. The lowest BCUT2D eigenvalue weighted by molar-refractivity contribution is -0.137. The van der Waals surface area contributed by atoms with Crippen LogP contribution in [0.2, 0.25) is 0 Å². The van der Waals surface area contributed by atoms with E-state index in [1.165, 1.54) is 0 Å².